The number of carbonyl (C=O) groups is 2. The lowest BCUT2D eigenvalue weighted by Gasteiger charge is -2.21. The van der Waals surface area contributed by atoms with Crippen molar-refractivity contribution in [3.05, 3.63) is 95.3 Å². The van der Waals surface area contributed by atoms with Crippen molar-refractivity contribution < 1.29 is 23.5 Å². The summed E-state index contributed by atoms with van der Waals surface area (Å²) in [6, 6.07) is 20.9. The number of nitrogens with zero attached hydrogens (tertiary/aromatic N) is 1. The van der Waals surface area contributed by atoms with Crippen LogP contribution in [-0.4, -0.2) is 44.0 Å². The fraction of sp³-hybridized carbons (Fsp3) is 0.259. The second kappa shape index (κ2) is 10.4. The summed E-state index contributed by atoms with van der Waals surface area (Å²) < 4.78 is 25.2. The van der Waals surface area contributed by atoms with Gasteiger partial charge in [0.1, 0.15) is 17.3 Å². The lowest BCUT2D eigenvalue weighted by atomic mass is 9.87. The normalized spacial score (nSPS) is 17.3. The first-order valence-corrected chi connectivity index (χ1v) is 11.1. The molecule has 34 heavy (non-hydrogen) atoms. The van der Waals surface area contributed by atoms with E-state index >= 15 is 0 Å². The molecule has 1 fully saturated rings. The molecule has 176 valence electrons. The quantitative estimate of drug-likeness (QED) is 0.576. The first kappa shape index (κ1) is 23.3. The van der Waals surface area contributed by atoms with Gasteiger partial charge in [-0.05, 0) is 23.8 Å². The smallest absolute Gasteiger partial charge is 0.256 e. The fourth-order valence-electron chi connectivity index (χ4n) is 4.40. The maximum absolute atomic E-state index is 14.3. The molecule has 0 aromatic heterocycles. The number of halogens is 1. The van der Waals surface area contributed by atoms with E-state index in [0.717, 1.165) is 11.1 Å². The number of amides is 2. The Labute approximate surface area is 198 Å². The average molecular weight is 463 g/mol. The van der Waals surface area contributed by atoms with Gasteiger partial charge >= 0.3 is 0 Å². The van der Waals surface area contributed by atoms with Crippen LogP contribution in [0.4, 0.5) is 4.39 Å². The molecule has 7 heteroatoms. The van der Waals surface area contributed by atoms with Gasteiger partial charge in [-0.2, -0.15) is 0 Å². The lowest BCUT2D eigenvalue weighted by molar-refractivity contribution is -0.125. The van der Waals surface area contributed by atoms with Gasteiger partial charge < -0.3 is 19.7 Å². The van der Waals surface area contributed by atoms with E-state index in [1.165, 1.54) is 12.1 Å². The number of methoxy groups -OCH3 is 2. The summed E-state index contributed by atoms with van der Waals surface area (Å²) in [5, 5.41) is 2.99. The van der Waals surface area contributed by atoms with Crippen molar-refractivity contribution in [3.8, 4) is 11.5 Å². The molecule has 0 radical (unpaired) electrons. The predicted molar refractivity (Wildman–Crippen MR) is 126 cm³/mol. The van der Waals surface area contributed by atoms with Crippen molar-refractivity contribution in [2.45, 2.75) is 12.5 Å². The Bertz CT molecular complexity index is 1170. The third-order valence-electron chi connectivity index (χ3n) is 6.20. The first-order chi connectivity index (χ1) is 16.5. The Kier molecular flexibility index (Phi) is 7.11. The minimum atomic E-state index is -0.581. The Morgan fingerprint density at radius 2 is 1.71 bits per heavy atom. The van der Waals surface area contributed by atoms with Crippen LogP contribution in [0.3, 0.4) is 0 Å². The minimum Gasteiger partial charge on any atom is -0.497 e. The number of rotatable bonds is 7. The summed E-state index contributed by atoms with van der Waals surface area (Å²) in [5.74, 6) is -0.838. The zero-order chi connectivity index (χ0) is 24.1. The molecule has 1 aliphatic heterocycles. The van der Waals surface area contributed by atoms with Gasteiger partial charge in [-0.15, -0.1) is 0 Å². The molecule has 0 unspecified atom stereocenters. The van der Waals surface area contributed by atoms with E-state index in [9.17, 15) is 14.0 Å². The number of nitrogens with one attached hydrogen (secondary N) is 1. The second-order valence-corrected chi connectivity index (χ2v) is 8.21. The molecule has 2 atom stereocenters. The average Bonchev–Trinajstić information content (AvgIpc) is 3.32. The molecule has 1 aliphatic rings. The van der Waals surface area contributed by atoms with Gasteiger partial charge in [0.15, 0.2) is 0 Å². The molecule has 2 amide bonds. The lowest BCUT2D eigenvalue weighted by Crippen LogP contribution is -2.35. The molecular weight excluding hydrogens is 435 g/mol. The van der Waals surface area contributed by atoms with Crippen LogP contribution in [0.15, 0.2) is 72.8 Å². The molecule has 6 nitrogen and oxygen atoms in total. The summed E-state index contributed by atoms with van der Waals surface area (Å²) in [6.45, 7) is 0.816. The highest BCUT2D eigenvalue weighted by Gasteiger charge is 2.42. The van der Waals surface area contributed by atoms with Crippen LogP contribution in [0.5, 0.6) is 11.5 Å². The van der Waals surface area contributed by atoms with E-state index in [1.54, 1.807) is 43.4 Å². The van der Waals surface area contributed by atoms with Gasteiger partial charge in [0.05, 0.1) is 25.7 Å². The highest BCUT2D eigenvalue weighted by Crippen LogP contribution is 2.40. The topological polar surface area (TPSA) is 67.9 Å². The largest absolute Gasteiger partial charge is 0.497 e. The third-order valence-corrected chi connectivity index (χ3v) is 6.20. The van der Waals surface area contributed by atoms with Crippen molar-refractivity contribution in [2.24, 2.45) is 5.92 Å². The van der Waals surface area contributed by atoms with Crippen molar-refractivity contribution in [1.29, 1.82) is 0 Å². The van der Waals surface area contributed by atoms with Gasteiger partial charge in [-0.1, -0.05) is 48.5 Å². The first-order valence-electron chi connectivity index (χ1n) is 11.1. The SMILES string of the molecule is COc1ccc([C@H]2CN(C(=O)c3ccccc3F)C[C@H]2C(=O)NCc2ccccc2)c(OC)c1. The van der Waals surface area contributed by atoms with E-state index in [0.29, 0.717) is 18.0 Å². The van der Waals surface area contributed by atoms with Crippen LogP contribution in [0, 0.1) is 11.7 Å². The molecule has 0 bridgehead atoms. The Morgan fingerprint density at radius 1 is 0.971 bits per heavy atom. The van der Waals surface area contributed by atoms with Crippen molar-refractivity contribution in [1.82, 2.24) is 10.2 Å². The molecule has 0 aliphatic carbocycles. The fourth-order valence-corrected chi connectivity index (χ4v) is 4.40. The maximum atomic E-state index is 14.3. The summed E-state index contributed by atoms with van der Waals surface area (Å²) in [5.41, 5.74) is 1.77. The summed E-state index contributed by atoms with van der Waals surface area (Å²) in [7, 11) is 3.12. The molecule has 3 aromatic carbocycles. The standard InChI is InChI=1S/C27H27FN2O4/c1-33-19-12-13-20(25(14-19)34-2)22-16-30(27(32)21-10-6-7-11-24(21)28)17-23(22)26(31)29-15-18-8-4-3-5-9-18/h3-14,22-23H,15-17H2,1-2H3,(H,29,31)/t22-,23-/m1/s1. The minimum absolute atomic E-state index is 0.00621. The molecule has 0 saturated carbocycles. The van der Waals surface area contributed by atoms with Gasteiger partial charge in [0.2, 0.25) is 5.91 Å². The summed E-state index contributed by atoms with van der Waals surface area (Å²) in [4.78, 5) is 28.0. The number of hydrogen-bond donors (Lipinski definition) is 1. The van der Waals surface area contributed by atoms with Crippen LogP contribution in [-0.2, 0) is 11.3 Å². The highest BCUT2D eigenvalue weighted by atomic mass is 19.1. The Hall–Kier alpha value is -3.87. The van der Waals surface area contributed by atoms with Crippen LogP contribution >= 0.6 is 0 Å². The summed E-state index contributed by atoms with van der Waals surface area (Å²) >= 11 is 0. The van der Waals surface area contributed by atoms with E-state index in [-0.39, 0.29) is 30.5 Å². The molecule has 0 spiro atoms. The van der Waals surface area contributed by atoms with Crippen LogP contribution in [0.2, 0.25) is 0 Å². The van der Waals surface area contributed by atoms with Crippen molar-refractivity contribution in [2.75, 3.05) is 27.3 Å². The highest BCUT2D eigenvalue weighted by molar-refractivity contribution is 5.95. The zero-order valence-electron chi connectivity index (χ0n) is 19.2. The van der Waals surface area contributed by atoms with Gasteiger partial charge in [0, 0.05) is 37.2 Å². The van der Waals surface area contributed by atoms with Gasteiger partial charge in [-0.3, -0.25) is 9.59 Å². The number of likely N-dealkylation sites (tertiary alicyclic amines) is 1. The van der Waals surface area contributed by atoms with E-state index in [2.05, 4.69) is 5.32 Å². The Morgan fingerprint density at radius 3 is 2.41 bits per heavy atom. The predicted octanol–water partition coefficient (Wildman–Crippen LogP) is 4.02. The van der Waals surface area contributed by atoms with Crippen LogP contribution in [0.25, 0.3) is 0 Å². The Balaban J connectivity index is 1.62. The molecule has 1 heterocycles. The molecule has 1 N–H and O–H groups in total. The summed E-state index contributed by atoms with van der Waals surface area (Å²) in [6.07, 6.45) is 0. The number of benzene rings is 3. The van der Waals surface area contributed by atoms with Crippen LogP contribution in [0.1, 0.15) is 27.4 Å². The van der Waals surface area contributed by atoms with Crippen molar-refractivity contribution >= 4 is 11.8 Å². The maximum Gasteiger partial charge on any atom is 0.256 e. The monoisotopic (exact) mass is 462 g/mol. The third kappa shape index (κ3) is 4.88. The molecule has 3 aromatic rings. The van der Waals surface area contributed by atoms with E-state index < -0.39 is 17.6 Å². The number of carbonyl (C=O) groups excluding carboxylic acids is 2. The van der Waals surface area contributed by atoms with E-state index in [1.807, 2.05) is 36.4 Å². The second-order valence-electron chi connectivity index (χ2n) is 8.21. The molecule has 1 saturated heterocycles. The van der Waals surface area contributed by atoms with E-state index in [4.69, 9.17) is 9.47 Å². The molecular formula is C27H27FN2O4. The van der Waals surface area contributed by atoms with Gasteiger partial charge in [0.25, 0.3) is 5.91 Å². The number of hydrogen-bond acceptors (Lipinski definition) is 4. The number of ether oxygens (including phenoxy) is 2. The molecule has 4 rings (SSSR count). The van der Waals surface area contributed by atoms with Crippen LogP contribution < -0.4 is 14.8 Å². The van der Waals surface area contributed by atoms with Gasteiger partial charge in [-0.25, -0.2) is 4.39 Å². The zero-order valence-corrected chi connectivity index (χ0v) is 19.2. The van der Waals surface area contributed by atoms with Crippen molar-refractivity contribution in [3.63, 3.8) is 0 Å².